The van der Waals surface area contributed by atoms with Crippen LogP contribution in [-0.2, 0) is 4.79 Å². The van der Waals surface area contributed by atoms with Gasteiger partial charge in [-0.1, -0.05) is 57.8 Å². The van der Waals surface area contributed by atoms with Crippen molar-refractivity contribution in [3.63, 3.8) is 0 Å². The van der Waals surface area contributed by atoms with Gasteiger partial charge in [-0.2, -0.15) is 0 Å². The van der Waals surface area contributed by atoms with Crippen LogP contribution >= 0.6 is 0 Å². The summed E-state index contributed by atoms with van der Waals surface area (Å²) in [5, 5.41) is 3.58. The molecule has 0 spiro atoms. The molecule has 2 saturated carbocycles. The second-order valence-corrected chi connectivity index (χ2v) is 6.55. The van der Waals surface area contributed by atoms with E-state index in [0.717, 1.165) is 25.7 Å². The summed E-state index contributed by atoms with van der Waals surface area (Å²) in [5.41, 5.74) is 5.35. The highest BCUT2D eigenvalue weighted by Gasteiger charge is 2.39. The lowest BCUT2D eigenvalue weighted by molar-refractivity contribution is -0.125. The van der Waals surface area contributed by atoms with Gasteiger partial charge in [0.2, 0.25) is 5.91 Å². The lowest BCUT2D eigenvalue weighted by Gasteiger charge is -2.32. The zero-order chi connectivity index (χ0) is 13.6. The summed E-state index contributed by atoms with van der Waals surface area (Å²) in [4.78, 5) is 12.0. The second-order valence-electron chi connectivity index (χ2n) is 6.55. The van der Waals surface area contributed by atoms with Crippen molar-refractivity contribution in [2.45, 2.75) is 95.1 Å². The molecule has 2 rings (SSSR count). The van der Waals surface area contributed by atoms with E-state index in [-0.39, 0.29) is 5.91 Å². The molecule has 0 aromatic carbocycles. The van der Waals surface area contributed by atoms with Crippen molar-refractivity contribution in [2.75, 3.05) is 0 Å². The van der Waals surface area contributed by atoms with E-state index >= 15 is 0 Å². The van der Waals surface area contributed by atoms with Gasteiger partial charge in [0.05, 0.1) is 5.54 Å². The van der Waals surface area contributed by atoms with Gasteiger partial charge in [-0.05, 0) is 25.7 Å². The van der Waals surface area contributed by atoms with Crippen LogP contribution in [0.1, 0.15) is 83.5 Å². The molecule has 110 valence electrons. The summed E-state index contributed by atoms with van der Waals surface area (Å²) in [7, 11) is 0. The monoisotopic (exact) mass is 266 g/mol. The van der Waals surface area contributed by atoms with Crippen LogP contribution in [0.25, 0.3) is 0 Å². The number of hydrogen-bond donors (Lipinski definition) is 2. The number of carbonyl (C=O) groups excluding carboxylic acids is 1. The van der Waals surface area contributed by atoms with Crippen LogP contribution in [-0.4, -0.2) is 17.5 Å². The minimum atomic E-state index is -0.402. The maximum absolute atomic E-state index is 12.0. The topological polar surface area (TPSA) is 55.1 Å². The molecule has 0 atom stereocenters. The third-order valence-electron chi connectivity index (χ3n) is 4.74. The molecule has 0 aliphatic heterocycles. The normalized spacial score (nSPS) is 26.1. The van der Waals surface area contributed by atoms with Crippen LogP contribution in [0, 0.1) is 0 Å². The number of carbonyl (C=O) groups is 1. The highest BCUT2D eigenvalue weighted by molar-refractivity contribution is 5.84. The molecule has 2 aliphatic rings. The first kappa shape index (κ1) is 14.8. The van der Waals surface area contributed by atoms with Gasteiger partial charge in [-0.3, -0.25) is 4.79 Å². The summed E-state index contributed by atoms with van der Waals surface area (Å²) in [6.45, 7) is 0. The van der Waals surface area contributed by atoms with E-state index < -0.39 is 5.54 Å². The molecule has 0 radical (unpaired) electrons. The first-order valence-corrected chi connectivity index (χ1v) is 8.31. The third-order valence-corrected chi connectivity index (χ3v) is 4.74. The largest absolute Gasteiger partial charge is 0.368 e. The molecule has 2 fully saturated rings. The first-order chi connectivity index (χ1) is 9.23. The number of amides is 1. The molecule has 0 saturated heterocycles. The molecule has 0 bridgehead atoms. The fourth-order valence-electron chi connectivity index (χ4n) is 3.30. The van der Waals surface area contributed by atoms with Crippen LogP contribution in [0.3, 0.4) is 0 Å². The quantitative estimate of drug-likeness (QED) is 0.823. The van der Waals surface area contributed by atoms with Gasteiger partial charge in [0, 0.05) is 6.04 Å². The van der Waals surface area contributed by atoms with Gasteiger partial charge in [0.1, 0.15) is 0 Å². The Kier molecular flexibility index (Phi) is 5.68. The van der Waals surface area contributed by atoms with E-state index in [9.17, 15) is 4.79 Å². The summed E-state index contributed by atoms with van der Waals surface area (Å²) in [6.07, 6.45) is 15.9. The van der Waals surface area contributed by atoms with Crippen molar-refractivity contribution < 1.29 is 4.79 Å². The first-order valence-electron chi connectivity index (χ1n) is 8.31. The Balaban J connectivity index is 1.95. The number of rotatable bonds is 3. The minimum Gasteiger partial charge on any atom is -0.368 e. The molecule has 2 aliphatic carbocycles. The van der Waals surface area contributed by atoms with E-state index in [4.69, 9.17) is 5.73 Å². The Hall–Kier alpha value is -0.570. The number of hydrogen-bond acceptors (Lipinski definition) is 2. The van der Waals surface area contributed by atoms with Gasteiger partial charge in [0.15, 0.2) is 0 Å². The molecule has 0 unspecified atom stereocenters. The predicted molar refractivity (Wildman–Crippen MR) is 78.9 cm³/mol. The third kappa shape index (κ3) is 4.79. The fraction of sp³-hybridized carbons (Fsp3) is 0.938. The SMILES string of the molecule is NC(=O)C1(NC2CC2)CCCCCCCCCCC1. The molecule has 0 aromatic rings. The molecular formula is C16H30N2O. The van der Waals surface area contributed by atoms with E-state index in [0.29, 0.717) is 6.04 Å². The molecule has 3 N–H and O–H groups in total. The van der Waals surface area contributed by atoms with Gasteiger partial charge < -0.3 is 11.1 Å². The average Bonchev–Trinajstić information content (AvgIpc) is 3.16. The highest BCUT2D eigenvalue weighted by Crippen LogP contribution is 2.30. The fourth-order valence-corrected chi connectivity index (χ4v) is 3.30. The van der Waals surface area contributed by atoms with Crippen LogP contribution < -0.4 is 11.1 Å². The van der Waals surface area contributed by atoms with Gasteiger partial charge in [-0.15, -0.1) is 0 Å². The maximum Gasteiger partial charge on any atom is 0.237 e. The summed E-state index contributed by atoms with van der Waals surface area (Å²) < 4.78 is 0. The number of nitrogens with one attached hydrogen (secondary N) is 1. The van der Waals surface area contributed by atoms with Crippen molar-refractivity contribution in [1.29, 1.82) is 0 Å². The average molecular weight is 266 g/mol. The van der Waals surface area contributed by atoms with Crippen LogP contribution in [0.4, 0.5) is 0 Å². The Morgan fingerprint density at radius 3 is 1.63 bits per heavy atom. The smallest absolute Gasteiger partial charge is 0.237 e. The van der Waals surface area contributed by atoms with Crippen molar-refractivity contribution in [3.8, 4) is 0 Å². The Bertz CT molecular complexity index is 274. The summed E-state index contributed by atoms with van der Waals surface area (Å²) >= 11 is 0. The van der Waals surface area contributed by atoms with Crippen LogP contribution in [0.5, 0.6) is 0 Å². The van der Waals surface area contributed by atoms with E-state index in [1.807, 2.05) is 0 Å². The molecule has 3 nitrogen and oxygen atoms in total. The van der Waals surface area contributed by atoms with Crippen molar-refractivity contribution in [3.05, 3.63) is 0 Å². The highest BCUT2D eigenvalue weighted by atomic mass is 16.1. The van der Waals surface area contributed by atoms with Gasteiger partial charge in [0.25, 0.3) is 0 Å². The zero-order valence-corrected chi connectivity index (χ0v) is 12.3. The standard InChI is InChI=1S/C16H30N2O/c17-15(19)16(18-14-10-11-14)12-8-6-4-2-1-3-5-7-9-13-16/h14,18H,1-13H2,(H2,17,19). The molecule has 0 heterocycles. The summed E-state index contributed by atoms with van der Waals surface area (Å²) in [6, 6.07) is 0.556. The van der Waals surface area contributed by atoms with E-state index in [2.05, 4.69) is 5.32 Å². The van der Waals surface area contributed by atoms with E-state index in [1.54, 1.807) is 0 Å². The molecule has 1 amide bonds. The Labute approximate surface area is 117 Å². The second kappa shape index (κ2) is 7.28. The number of primary amides is 1. The van der Waals surface area contributed by atoms with Gasteiger partial charge in [-0.25, -0.2) is 0 Å². The van der Waals surface area contributed by atoms with Crippen molar-refractivity contribution >= 4 is 5.91 Å². The van der Waals surface area contributed by atoms with Crippen molar-refractivity contribution in [1.82, 2.24) is 5.32 Å². The molecular weight excluding hydrogens is 236 g/mol. The molecule has 19 heavy (non-hydrogen) atoms. The lowest BCUT2D eigenvalue weighted by atomic mass is 9.84. The predicted octanol–water partition coefficient (Wildman–Crippen LogP) is 3.27. The number of nitrogens with two attached hydrogens (primary N) is 1. The van der Waals surface area contributed by atoms with Crippen LogP contribution in [0.2, 0.25) is 0 Å². The van der Waals surface area contributed by atoms with E-state index in [1.165, 1.54) is 57.8 Å². The molecule has 0 aromatic heterocycles. The molecule has 3 heteroatoms. The maximum atomic E-state index is 12.0. The Morgan fingerprint density at radius 2 is 1.26 bits per heavy atom. The van der Waals surface area contributed by atoms with Gasteiger partial charge >= 0.3 is 0 Å². The minimum absolute atomic E-state index is 0.114. The summed E-state index contributed by atoms with van der Waals surface area (Å²) in [5.74, 6) is -0.114. The zero-order valence-electron chi connectivity index (χ0n) is 12.3. The Morgan fingerprint density at radius 1 is 0.842 bits per heavy atom. The van der Waals surface area contributed by atoms with Crippen molar-refractivity contribution in [2.24, 2.45) is 5.73 Å². The lowest BCUT2D eigenvalue weighted by Crippen LogP contribution is -2.56. The van der Waals surface area contributed by atoms with Crippen LogP contribution in [0.15, 0.2) is 0 Å².